The van der Waals surface area contributed by atoms with Gasteiger partial charge in [-0.15, -0.1) is 0 Å². The normalized spacial score (nSPS) is 10.1. The lowest BCUT2D eigenvalue weighted by molar-refractivity contribution is -0.385. The molecule has 2 aromatic carbocycles. The quantitative estimate of drug-likeness (QED) is 0.325. The van der Waals surface area contributed by atoms with Crippen molar-refractivity contribution >= 4 is 34.6 Å². The molecule has 0 atom stereocenters. The van der Waals surface area contributed by atoms with Crippen molar-refractivity contribution in [3.8, 4) is 5.75 Å². The van der Waals surface area contributed by atoms with E-state index in [0.29, 0.717) is 35.8 Å². The molecule has 142 valence electrons. The van der Waals surface area contributed by atoms with E-state index in [1.807, 2.05) is 0 Å². The van der Waals surface area contributed by atoms with E-state index in [1.54, 1.807) is 44.4 Å². The first kappa shape index (κ1) is 20.3. The number of carbonyl (C=O) groups excluding carboxylic acids is 1. The minimum atomic E-state index is -0.476. The summed E-state index contributed by atoms with van der Waals surface area (Å²) in [5, 5.41) is 16.4. The van der Waals surface area contributed by atoms with E-state index in [4.69, 9.17) is 21.7 Å². The van der Waals surface area contributed by atoms with Crippen molar-refractivity contribution in [1.82, 2.24) is 5.32 Å². The largest absolute Gasteiger partial charge is 0.490 e. The third kappa shape index (κ3) is 5.47. The number of rotatable bonds is 7. The maximum Gasteiger partial charge on any atom is 0.274 e. The highest BCUT2D eigenvalue weighted by Crippen LogP contribution is 2.25. The van der Waals surface area contributed by atoms with Crippen molar-refractivity contribution in [2.45, 2.75) is 6.92 Å². The second kappa shape index (κ2) is 9.60. The fourth-order valence-corrected chi connectivity index (χ4v) is 2.50. The van der Waals surface area contributed by atoms with Crippen LogP contribution in [0.25, 0.3) is 0 Å². The third-order valence-corrected chi connectivity index (χ3v) is 3.86. The second-order valence-electron chi connectivity index (χ2n) is 5.45. The number of amides is 1. The molecule has 0 aliphatic heterocycles. The molecule has 2 N–H and O–H groups in total. The molecule has 0 saturated heterocycles. The molecule has 2 aromatic rings. The van der Waals surface area contributed by atoms with E-state index >= 15 is 0 Å². The van der Waals surface area contributed by atoms with Gasteiger partial charge in [-0.05, 0) is 37.3 Å². The maximum atomic E-state index is 12.5. The summed E-state index contributed by atoms with van der Waals surface area (Å²) in [6.07, 6.45) is 0. The van der Waals surface area contributed by atoms with Gasteiger partial charge in [0.2, 0.25) is 0 Å². The van der Waals surface area contributed by atoms with E-state index in [2.05, 4.69) is 10.6 Å². The summed E-state index contributed by atoms with van der Waals surface area (Å²) in [5.41, 5.74) is 1.14. The van der Waals surface area contributed by atoms with E-state index in [0.717, 1.165) is 0 Å². The summed E-state index contributed by atoms with van der Waals surface area (Å²) in [5.74, 6) is -0.0509. The van der Waals surface area contributed by atoms with Crippen LogP contribution in [-0.4, -0.2) is 36.3 Å². The summed E-state index contributed by atoms with van der Waals surface area (Å²) < 4.78 is 10.5. The lowest BCUT2D eigenvalue weighted by Gasteiger charge is -2.14. The Morgan fingerprint density at radius 3 is 2.63 bits per heavy atom. The third-order valence-electron chi connectivity index (χ3n) is 3.65. The van der Waals surface area contributed by atoms with E-state index in [-0.39, 0.29) is 10.8 Å². The molecule has 9 heteroatoms. The number of nitro benzene ring substituents is 1. The Morgan fingerprint density at radius 2 is 1.93 bits per heavy atom. The van der Waals surface area contributed by atoms with Gasteiger partial charge < -0.3 is 14.8 Å². The molecule has 0 aliphatic rings. The Balaban J connectivity index is 2.08. The highest BCUT2D eigenvalue weighted by Gasteiger charge is 2.16. The molecular weight excluding hydrogens is 370 g/mol. The van der Waals surface area contributed by atoms with Crippen LogP contribution in [0.2, 0.25) is 0 Å². The second-order valence-corrected chi connectivity index (χ2v) is 5.86. The van der Waals surface area contributed by atoms with Crippen molar-refractivity contribution < 1.29 is 19.2 Å². The molecule has 2 rings (SSSR count). The summed E-state index contributed by atoms with van der Waals surface area (Å²) in [6, 6.07) is 11.3. The minimum Gasteiger partial charge on any atom is -0.490 e. The van der Waals surface area contributed by atoms with Gasteiger partial charge in [0, 0.05) is 13.2 Å². The molecule has 1 amide bonds. The van der Waals surface area contributed by atoms with Crippen LogP contribution in [-0.2, 0) is 4.74 Å². The molecule has 0 unspecified atom stereocenters. The summed E-state index contributed by atoms with van der Waals surface area (Å²) in [7, 11) is 1.56. The Morgan fingerprint density at radius 1 is 1.19 bits per heavy atom. The number of anilines is 1. The van der Waals surface area contributed by atoms with Gasteiger partial charge in [-0.2, -0.15) is 0 Å². The predicted octanol–water partition coefficient (Wildman–Crippen LogP) is 3.06. The number of nitro groups is 1. The Bertz CT molecular complexity index is 857. The smallest absolute Gasteiger partial charge is 0.274 e. The number of nitrogens with zero attached hydrogens (tertiary/aromatic N) is 1. The van der Waals surface area contributed by atoms with Crippen molar-refractivity contribution in [3.05, 3.63) is 63.7 Å². The zero-order chi connectivity index (χ0) is 19.8. The lowest BCUT2D eigenvalue weighted by Crippen LogP contribution is -2.34. The van der Waals surface area contributed by atoms with Crippen molar-refractivity contribution in [3.63, 3.8) is 0 Å². The Hall–Kier alpha value is -3.04. The van der Waals surface area contributed by atoms with Crippen LogP contribution in [0.5, 0.6) is 5.75 Å². The van der Waals surface area contributed by atoms with Gasteiger partial charge in [0.1, 0.15) is 12.4 Å². The number of benzene rings is 2. The van der Waals surface area contributed by atoms with Crippen molar-refractivity contribution in [2.24, 2.45) is 0 Å². The Kier molecular flexibility index (Phi) is 7.21. The number of carbonyl (C=O) groups is 1. The van der Waals surface area contributed by atoms with Crippen molar-refractivity contribution in [1.29, 1.82) is 0 Å². The van der Waals surface area contributed by atoms with Crippen LogP contribution >= 0.6 is 12.2 Å². The SMILES string of the molecule is COCCOc1ccccc1C(=O)NC(=S)Nc1cccc([N+](=O)[O-])c1C. The van der Waals surface area contributed by atoms with Crippen LogP contribution in [0, 0.1) is 17.0 Å². The molecule has 27 heavy (non-hydrogen) atoms. The molecule has 0 saturated carbocycles. The number of hydrogen-bond acceptors (Lipinski definition) is 6. The van der Waals surface area contributed by atoms with E-state index in [1.165, 1.54) is 12.1 Å². The number of para-hydroxylation sites is 1. The van der Waals surface area contributed by atoms with Crippen LogP contribution in [0.15, 0.2) is 42.5 Å². The highest BCUT2D eigenvalue weighted by molar-refractivity contribution is 7.80. The molecule has 0 heterocycles. The number of hydrogen-bond donors (Lipinski definition) is 2. The minimum absolute atomic E-state index is 0.0234. The average molecular weight is 389 g/mol. The molecule has 0 aliphatic carbocycles. The van der Waals surface area contributed by atoms with Gasteiger partial charge >= 0.3 is 0 Å². The van der Waals surface area contributed by atoms with E-state index < -0.39 is 10.8 Å². The van der Waals surface area contributed by atoms with Gasteiger partial charge in [0.05, 0.1) is 28.3 Å². The first-order chi connectivity index (χ1) is 12.9. The highest BCUT2D eigenvalue weighted by atomic mass is 32.1. The Labute approximate surface area is 161 Å². The van der Waals surface area contributed by atoms with Gasteiger partial charge in [-0.1, -0.05) is 18.2 Å². The molecule has 0 radical (unpaired) electrons. The lowest BCUT2D eigenvalue weighted by atomic mass is 10.1. The first-order valence-corrected chi connectivity index (χ1v) is 8.42. The monoisotopic (exact) mass is 389 g/mol. The van der Waals surface area contributed by atoms with Crippen LogP contribution in [0.4, 0.5) is 11.4 Å². The summed E-state index contributed by atoms with van der Waals surface area (Å²) in [6.45, 7) is 2.29. The van der Waals surface area contributed by atoms with Gasteiger partial charge in [-0.25, -0.2) is 0 Å². The molecule has 0 spiro atoms. The first-order valence-electron chi connectivity index (χ1n) is 8.01. The maximum absolute atomic E-state index is 12.5. The summed E-state index contributed by atoms with van der Waals surface area (Å²) >= 11 is 5.16. The molecule has 0 fully saturated rings. The number of methoxy groups -OCH3 is 1. The predicted molar refractivity (Wildman–Crippen MR) is 105 cm³/mol. The average Bonchev–Trinajstić information content (AvgIpc) is 2.63. The zero-order valence-corrected chi connectivity index (χ0v) is 15.7. The number of thiocarbonyl (C=S) groups is 1. The number of nitrogens with one attached hydrogen (secondary N) is 2. The van der Waals surface area contributed by atoms with E-state index in [9.17, 15) is 14.9 Å². The van der Waals surface area contributed by atoms with Crippen LogP contribution in [0.3, 0.4) is 0 Å². The molecule has 0 bridgehead atoms. The molecule has 0 aromatic heterocycles. The fourth-order valence-electron chi connectivity index (χ4n) is 2.30. The summed E-state index contributed by atoms with van der Waals surface area (Å²) in [4.78, 5) is 23.0. The van der Waals surface area contributed by atoms with Gasteiger partial charge in [-0.3, -0.25) is 20.2 Å². The van der Waals surface area contributed by atoms with Gasteiger partial charge in [0.25, 0.3) is 11.6 Å². The fraction of sp³-hybridized carbons (Fsp3) is 0.222. The number of ether oxygens (including phenoxy) is 2. The molecular formula is C18H19N3O5S. The molecule has 8 nitrogen and oxygen atoms in total. The standard InChI is InChI=1S/C18H19N3O5S/c1-12-14(7-5-8-15(12)21(23)24)19-18(27)20-17(22)13-6-3-4-9-16(13)26-11-10-25-2/h3-9H,10-11H2,1-2H3,(H2,19,20,22,27). The topological polar surface area (TPSA) is 103 Å². The van der Waals surface area contributed by atoms with Crippen LogP contribution < -0.4 is 15.4 Å². The van der Waals surface area contributed by atoms with Crippen molar-refractivity contribution in [2.75, 3.05) is 25.6 Å². The van der Waals surface area contributed by atoms with Gasteiger partial charge in [0.15, 0.2) is 5.11 Å². The van der Waals surface area contributed by atoms with Crippen LogP contribution in [0.1, 0.15) is 15.9 Å². The zero-order valence-electron chi connectivity index (χ0n) is 14.9.